The van der Waals surface area contributed by atoms with Crippen molar-refractivity contribution in [2.24, 2.45) is 5.84 Å². The monoisotopic (exact) mass is 220 g/mol. The molecule has 0 saturated carbocycles. The second-order valence-corrected chi connectivity index (χ2v) is 3.50. The van der Waals surface area contributed by atoms with Gasteiger partial charge in [0.2, 0.25) is 0 Å². The van der Waals surface area contributed by atoms with E-state index in [2.05, 4.69) is 0 Å². The van der Waals surface area contributed by atoms with Gasteiger partial charge in [0.1, 0.15) is 6.04 Å². The van der Waals surface area contributed by atoms with Crippen molar-refractivity contribution in [1.29, 1.82) is 0 Å². The second kappa shape index (κ2) is 4.21. The van der Waals surface area contributed by atoms with E-state index >= 15 is 0 Å². The van der Waals surface area contributed by atoms with Crippen LogP contribution in [-0.2, 0) is 0 Å². The standard InChI is InChI=1S/C9H11ClF2N2/c1-6-4-2-3-5-7(6)8(14-13)9(10,11)12/h2-5,8,14H,13H2,1H3. The van der Waals surface area contributed by atoms with Gasteiger partial charge in [0.15, 0.2) is 0 Å². The van der Waals surface area contributed by atoms with Crippen LogP contribution in [0.1, 0.15) is 17.2 Å². The highest BCUT2D eigenvalue weighted by Crippen LogP contribution is 2.35. The molecular formula is C9H11ClF2N2. The first-order valence-electron chi connectivity index (χ1n) is 4.05. The van der Waals surface area contributed by atoms with Crippen LogP contribution < -0.4 is 11.3 Å². The average molecular weight is 221 g/mol. The minimum absolute atomic E-state index is 0.398. The largest absolute Gasteiger partial charge is 0.342 e. The number of nitrogens with two attached hydrogens (primary N) is 1. The van der Waals surface area contributed by atoms with Crippen LogP contribution in [-0.4, -0.2) is 5.38 Å². The lowest BCUT2D eigenvalue weighted by molar-refractivity contribution is 0.0495. The number of aryl methyl sites for hydroxylation is 1. The average Bonchev–Trinajstić information content (AvgIpc) is 2.07. The number of benzene rings is 1. The van der Waals surface area contributed by atoms with Crippen LogP contribution in [0.25, 0.3) is 0 Å². The Morgan fingerprint density at radius 3 is 2.43 bits per heavy atom. The van der Waals surface area contributed by atoms with Gasteiger partial charge >= 0.3 is 5.38 Å². The van der Waals surface area contributed by atoms with Crippen molar-refractivity contribution in [1.82, 2.24) is 5.43 Å². The van der Waals surface area contributed by atoms with Crippen molar-refractivity contribution in [3.63, 3.8) is 0 Å². The topological polar surface area (TPSA) is 38.0 Å². The van der Waals surface area contributed by atoms with Gasteiger partial charge in [0.05, 0.1) is 0 Å². The fourth-order valence-electron chi connectivity index (χ4n) is 1.27. The molecule has 0 saturated heterocycles. The minimum Gasteiger partial charge on any atom is -0.271 e. The van der Waals surface area contributed by atoms with Crippen molar-refractivity contribution in [2.75, 3.05) is 0 Å². The molecule has 0 radical (unpaired) electrons. The molecule has 0 amide bonds. The molecule has 1 aromatic rings. The number of hydrogen-bond donors (Lipinski definition) is 2. The number of hydrazine groups is 1. The SMILES string of the molecule is Cc1ccccc1C(NN)C(F)(F)Cl. The normalized spacial score (nSPS) is 14.1. The molecule has 1 aromatic carbocycles. The van der Waals surface area contributed by atoms with Gasteiger partial charge in [-0.25, -0.2) is 5.43 Å². The maximum Gasteiger partial charge on any atom is 0.342 e. The number of rotatable bonds is 3. The van der Waals surface area contributed by atoms with E-state index in [9.17, 15) is 8.78 Å². The van der Waals surface area contributed by atoms with Crippen molar-refractivity contribution in [3.05, 3.63) is 35.4 Å². The highest BCUT2D eigenvalue weighted by molar-refractivity contribution is 6.22. The quantitative estimate of drug-likeness (QED) is 0.466. The highest BCUT2D eigenvalue weighted by Gasteiger charge is 2.38. The van der Waals surface area contributed by atoms with E-state index in [1.807, 2.05) is 5.43 Å². The molecule has 78 valence electrons. The van der Waals surface area contributed by atoms with Crippen LogP contribution in [0.3, 0.4) is 0 Å². The summed E-state index contributed by atoms with van der Waals surface area (Å²) < 4.78 is 25.8. The second-order valence-electron chi connectivity index (χ2n) is 3.00. The molecule has 0 aliphatic carbocycles. The lowest BCUT2D eigenvalue weighted by atomic mass is 10.0. The Balaban J connectivity index is 3.08. The molecule has 0 aliphatic rings. The fraction of sp³-hybridized carbons (Fsp3) is 0.333. The van der Waals surface area contributed by atoms with Crippen LogP contribution >= 0.6 is 11.6 Å². The molecule has 1 unspecified atom stereocenters. The van der Waals surface area contributed by atoms with E-state index in [0.29, 0.717) is 5.56 Å². The molecule has 5 heteroatoms. The number of nitrogens with one attached hydrogen (secondary N) is 1. The van der Waals surface area contributed by atoms with E-state index in [4.69, 9.17) is 17.4 Å². The zero-order chi connectivity index (χ0) is 10.8. The smallest absolute Gasteiger partial charge is 0.271 e. The summed E-state index contributed by atoms with van der Waals surface area (Å²) in [4.78, 5) is 0. The predicted octanol–water partition coefficient (Wildman–Crippen LogP) is 2.33. The van der Waals surface area contributed by atoms with Crippen molar-refractivity contribution in [3.8, 4) is 0 Å². The van der Waals surface area contributed by atoms with Crippen molar-refractivity contribution < 1.29 is 8.78 Å². The molecule has 0 heterocycles. The van der Waals surface area contributed by atoms with Gasteiger partial charge in [-0.3, -0.25) is 5.84 Å². The summed E-state index contributed by atoms with van der Waals surface area (Å²) >= 11 is 4.93. The summed E-state index contributed by atoms with van der Waals surface area (Å²) in [5.41, 5.74) is 3.13. The van der Waals surface area contributed by atoms with Gasteiger partial charge in [-0.2, -0.15) is 8.78 Å². The van der Waals surface area contributed by atoms with Crippen molar-refractivity contribution >= 4 is 11.6 Å². The summed E-state index contributed by atoms with van der Waals surface area (Å²) in [6.07, 6.45) is 0. The molecule has 0 spiro atoms. The molecule has 0 aromatic heterocycles. The van der Waals surface area contributed by atoms with Gasteiger partial charge in [-0.05, 0) is 29.7 Å². The first-order valence-corrected chi connectivity index (χ1v) is 4.43. The zero-order valence-corrected chi connectivity index (χ0v) is 8.35. The van der Waals surface area contributed by atoms with Gasteiger partial charge < -0.3 is 0 Å². The maximum absolute atomic E-state index is 12.9. The lowest BCUT2D eigenvalue weighted by Gasteiger charge is -2.22. The molecule has 0 fully saturated rings. The number of alkyl halides is 3. The Kier molecular flexibility index (Phi) is 3.42. The molecule has 14 heavy (non-hydrogen) atoms. The Morgan fingerprint density at radius 1 is 1.43 bits per heavy atom. The van der Waals surface area contributed by atoms with Gasteiger partial charge in [0, 0.05) is 0 Å². The third-order valence-electron chi connectivity index (χ3n) is 1.99. The Labute approximate surface area is 86.0 Å². The van der Waals surface area contributed by atoms with Gasteiger partial charge in [0.25, 0.3) is 0 Å². The molecule has 1 rings (SSSR count). The van der Waals surface area contributed by atoms with Crippen LogP contribution in [0.4, 0.5) is 8.78 Å². The zero-order valence-electron chi connectivity index (χ0n) is 7.60. The summed E-state index contributed by atoms with van der Waals surface area (Å²) in [5, 5.41) is -3.40. The molecule has 2 nitrogen and oxygen atoms in total. The van der Waals surface area contributed by atoms with Crippen LogP contribution in [0, 0.1) is 6.92 Å². The van der Waals surface area contributed by atoms with Crippen LogP contribution in [0.15, 0.2) is 24.3 Å². The minimum atomic E-state index is -3.40. The highest BCUT2D eigenvalue weighted by atomic mass is 35.5. The molecule has 0 bridgehead atoms. The van der Waals surface area contributed by atoms with E-state index < -0.39 is 11.4 Å². The van der Waals surface area contributed by atoms with E-state index in [1.54, 1.807) is 31.2 Å². The Morgan fingerprint density at radius 2 is 2.00 bits per heavy atom. The third kappa shape index (κ3) is 2.41. The van der Waals surface area contributed by atoms with Crippen LogP contribution in [0.2, 0.25) is 0 Å². The molecular weight excluding hydrogens is 210 g/mol. The Hall–Kier alpha value is -0.710. The van der Waals surface area contributed by atoms with Gasteiger partial charge in [-0.15, -0.1) is 0 Å². The lowest BCUT2D eigenvalue weighted by Crippen LogP contribution is -2.38. The van der Waals surface area contributed by atoms with E-state index in [0.717, 1.165) is 5.56 Å². The Bertz CT molecular complexity index is 312. The molecule has 1 atom stereocenters. The first-order chi connectivity index (χ1) is 6.46. The number of halogens is 3. The van der Waals surface area contributed by atoms with Crippen molar-refractivity contribution in [2.45, 2.75) is 18.3 Å². The number of hydrogen-bond acceptors (Lipinski definition) is 2. The first kappa shape index (κ1) is 11.4. The summed E-state index contributed by atoms with van der Waals surface area (Å²) in [6, 6.07) is 5.34. The fourth-order valence-corrected chi connectivity index (χ4v) is 1.45. The summed E-state index contributed by atoms with van der Waals surface area (Å²) in [7, 11) is 0. The third-order valence-corrected chi connectivity index (χ3v) is 2.21. The van der Waals surface area contributed by atoms with Gasteiger partial charge in [-0.1, -0.05) is 24.3 Å². The molecule has 0 aliphatic heterocycles. The molecule has 3 N–H and O–H groups in total. The summed E-state index contributed by atoms with van der Waals surface area (Å²) in [5.74, 6) is 5.05. The van der Waals surface area contributed by atoms with E-state index in [-0.39, 0.29) is 0 Å². The summed E-state index contributed by atoms with van der Waals surface area (Å²) in [6.45, 7) is 1.72. The van der Waals surface area contributed by atoms with Crippen LogP contribution in [0.5, 0.6) is 0 Å². The predicted molar refractivity (Wildman–Crippen MR) is 52.0 cm³/mol. The van der Waals surface area contributed by atoms with E-state index in [1.165, 1.54) is 0 Å². The maximum atomic E-state index is 12.9.